The largest absolute Gasteiger partial charge is 0.478 e. The Balaban J connectivity index is 1.33. The number of fused-ring (bicyclic) bond motifs is 2. The first kappa shape index (κ1) is 24.4. The van der Waals surface area contributed by atoms with Gasteiger partial charge in [-0.15, -0.1) is 0 Å². The maximum Gasteiger partial charge on any atom is 0.335 e. The molecule has 0 aliphatic carbocycles. The highest BCUT2D eigenvalue weighted by Gasteiger charge is 2.31. The summed E-state index contributed by atoms with van der Waals surface area (Å²) in [4.78, 5) is 52.9. The topological polar surface area (TPSA) is 119 Å². The van der Waals surface area contributed by atoms with Gasteiger partial charge < -0.3 is 25.5 Å². The van der Waals surface area contributed by atoms with Crippen LogP contribution in [0.25, 0.3) is 11.3 Å². The third-order valence-corrected chi connectivity index (χ3v) is 7.37. The Labute approximate surface area is 224 Å². The smallest absolute Gasteiger partial charge is 0.335 e. The van der Waals surface area contributed by atoms with E-state index in [1.54, 1.807) is 15.9 Å². The molecule has 0 unspecified atom stereocenters. The summed E-state index contributed by atoms with van der Waals surface area (Å²) in [5.74, 6) is -1.45. The van der Waals surface area contributed by atoms with E-state index in [1.807, 2.05) is 48.5 Å². The molecule has 3 aromatic rings. The monoisotopic (exact) mass is 522 g/mol. The van der Waals surface area contributed by atoms with Gasteiger partial charge in [0, 0.05) is 36.4 Å². The molecule has 0 spiro atoms. The van der Waals surface area contributed by atoms with Crippen LogP contribution in [0.3, 0.4) is 0 Å². The van der Waals surface area contributed by atoms with E-state index in [0.29, 0.717) is 48.5 Å². The van der Waals surface area contributed by atoms with E-state index in [4.69, 9.17) is 0 Å². The Morgan fingerprint density at radius 1 is 0.923 bits per heavy atom. The quantitative estimate of drug-likeness (QED) is 0.424. The molecule has 0 atom stereocenters. The van der Waals surface area contributed by atoms with Crippen LogP contribution in [0, 0.1) is 0 Å². The van der Waals surface area contributed by atoms with Crippen molar-refractivity contribution in [3.8, 4) is 0 Å². The molecule has 196 valence electrons. The normalized spacial score (nSPS) is 17.1. The van der Waals surface area contributed by atoms with Crippen LogP contribution in [-0.2, 0) is 20.8 Å². The fourth-order valence-corrected chi connectivity index (χ4v) is 5.44. The number of anilines is 3. The number of carbonyl (C=O) groups is 4. The lowest BCUT2D eigenvalue weighted by Crippen LogP contribution is -2.40. The molecule has 1 saturated heterocycles. The summed E-state index contributed by atoms with van der Waals surface area (Å²) in [5, 5.41) is 15.6. The van der Waals surface area contributed by atoms with Gasteiger partial charge in [0.1, 0.15) is 6.54 Å². The second-order valence-electron chi connectivity index (χ2n) is 9.82. The van der Waals surface area contributed by atoms with Gasteiger partial charge in [0.2, 0.25) is 11.8 Å². The molecule has 9 nitrogen and oxygen atoms in total. The van der Waals surface area contributed by atoms with Crippen LogP contribution >= 0.6 is 0 Å². The number of benzene rings is 3. The number of hydrogen-bond donors (Lipinski definition) is 3. The first-order chi connectivity index (χ1) is 18.9. The van der Waals surface area contributed by atoms with Crippen LogP contribution in [0.1, 0.15) is 39.9 Å². The van der Waals surface area contributed by atoms with Crippen LogP contribution in [-0.4, -0.2) is 53.3 Å². The zero-order valence-electron chi connectivity index (χ0n) is 21.1. The minimum atomic E-state index is -1.07. The average molecular weight is 523 g/mol. The van der Waals surface area contributed by atoms with Crippen molar-refractivity contribution in [3.05, 3.63) is 89.0 Å². The van der Waals surface area contributed by atoms with Crippen molar-refractivity contribution < 1.29 is 24.3 Å². The predicted molar refractivity (Wildman–Crippen MR) is 147 cm³/mol. The van der Waals surface area contributed by atoms with Gasteiger partial charge in [-0.2, -0.15) is 0 Å². The molecular formula is C30H26N4O5. The molecule has 0 radical (unpaired) electrons. The maximum atomic E-state index is 13.2. The highest BCUT2D eigenvalue weighted by molar-refractivity contribution is 6.37. The van der Waals surface area contributed by atoms with Gasteiger partial charge in [-0.3, -0.25) is 14.4 Å². The van der Waals surface area contributed by atoms with Crippen LogP contribution in [0.5, 0.6) is 0 Å². The van der Waals surface area contributed by atoms with Crippen molar-refractivity contribution in [1.82, 2.24) is 4.90 Å². The standard InChI is InChI=1S/C30H26N4O5/c35-25-7-4-13-33(25)17-26(36)34-14-12-19-15-21(9-11-24(19)34)31-28(18-5-2-1-3-6-18)27-22-10-8-20(30(38)39)16-23(22)32-29(27)37/h1-3,5-6,8-11,15-16,31H,4,7,12-14,17H2,(H,32,37)(H,38,39). The van der Waals surface area contributed by atoms with Crippen molar-refractivity contribution in [2.45, 2.75) is 19.3 Å². The number of rotatable bonds is 6. The van der Waals surface area contributed by atoms with Crippen LogP contribution < -0.4 is 15.5 Å². The summed E-state index contributed by atoms with van der Waals surface area (Å²) in [6.07, 6.45) is 1.98. The molecule has 1 fully saturated rings. The van der Waals surface area contributed by atoms with E-state index in [1.165, 1.54) is 12.1 Å². The van der Waals surface area contributed by atoms with E-state index in [2.05, 4.69) is 10.6 Å². The number of carbonyl (C=O) groups excluding carboxylic acids is 3. The lowest BCUT2D eigenvalue weighted by Gasteiger charge is -2.22. The Bertz CT molecular complexity index is 1560. The van der Waals surface area contributed by atoms with Crippen molar-refractivity contribution in [2.24, 2.45) is 0 Å². The summed E-state index contributed by atoms with van der Waals surface area (Å²) in [6, 6.07) is 19.8. The van der Waals surface area contributed by atoms with Crippen LogP contribution in [0.4, 0.5) is 17.1 Å². The van der Waals surface area contributed by atoms with Crippen LogP contribution in [0.2, 0.25) is 0 Å². The van der Waals surface area contributed by atoms with Gasteiger partial charge in [0.05, 0.1) is 22.5 Å². The lowest BCUT2D eigenvalue weighted by molar-refractivity contribution is -0.132. The highest BCUT2D eigenvalue weighted by Crippen LogP contribution is 2.39. The molecule has 39 heavy (non-hydrogen) atoms. The Kier molecular flexibility index (Phi) is 6.11. The summed E-state index contributed by atoms with van der Waals surface area (Å²) < 4.78 is 0. The maximum absolute atomic E-state index is 13.2. The number of nitrogens with one attached hydrogen (secondary N) is 2. The molecule has 3 aliphatic heterocycles. The fourth-order valence-electron chi connectivity index (χ4n) is 5.44. The molecule has 3 N–H and O–H groups in total. The second-order valence-corrected chi connectivity index (χ2v) is 9.82. The average Bonchev–Trinajstić information content (AvgIpc) is 3.63. The number of likely N-dealkylation sites (tertiary alicyclic amines) is 1. The Morgan fingerprint density at radius 2 is 1.74 bits per heavy atom. The molecule has 0 bridgehead atoms. The molecule has 6 rings (SSSR count). The predicted octanol–water partition coefficient (Wildman–Crippen LogP) is 3.83. The third kappa shape index (κ3) is 4.52. The third-order valence-electron chi connectivity index (χ3n) is 7.37. The Hall–Kier alpha value is -4.92. The van der Waals surface area contributed by atoms with E-state index in [-0.39, 0.29) is 29.8 Å². The van der Waals surface area contributed by atoms with E-state index < -0.39 is 5.97 Å². The number of carboxylic acids is 1. The van der Waals surface area contributed by atoms with Gasteiger partial charge >= 0.3 is 5.97 Å². The van der Waals surface area contributed by atoms with Gasteiger partial charge in [-0.05, 0) is 54.3 Å². The number of carboxylic acid groups (broad SMARTS) is 1. The Morgan fingerprint density at radius 3 is 2.49 bits per heavy atom. The van der Waals surface area contributed by atoms with Gasteiger partial charge in [-0.1, -0.05) is 36.4 Å². The van der Waals surface area contributed by atoms with Crippen molar-refractivity contribution in [1.29, 1.82) is 0 Å². The molecule has 0 aromatic heterocycles. The first-order valence-electron chi connectivity index (χ1n) is 12.9. The molecule has 0 saturated carbocycles. The van der Waals surface area contributed by atoms with Crippen molar-refractivity contribution in [3.63, 3.8) is 0 Å². The van der Waals surface area contributed by atoms with Gasteiger partial charge in [0.25, 0.3) is 5.91 Å². The first-order valence-corrected chi connectivity index (χ1v) is 12.9. The minimum Gasteiger partial charge on any atom is -0.478 e. The van der Waals surface area contributed by atoms with Crippen molar-refractivity contribution in [2.75, 3.05) is 35.2 Å². The van der Waals surface area contributed by atoms with Crippen LogP contribution in [0.15, 0.2) is 66.7 Å². The SMILES string of the molecule is O=C1Nc2cc(C(=O)O)ccc2C1=C(Nc1ccc2c(c1)CCN2C(=O)CN1CCCC1=O)c1ccccc1. The number of hydrogen-bond acceptors (Lipinski definition) is 5. The zero-order valence-corrected chi connectivity index (χ0v) is 21.1. The summed E-state index contributed by atoms with van der Waals surface area (Å²) in [7, 11) is 0. The molecule has 9 heteroatoms. The molecule has 3 aromatic carbocycles. The summed E-state index contributed by atoms with van der Waals surface area (Å²) >= 11 is 0. The van der Waals surface area contributed by atoms with E-state index >= 15 is 0 Å². The highest BCUT2D eigenvalue weighted by atomic mass is 16.4. The molecule has 3 heterocycles. The summed E-state index contributed by atoms with van der Waals surface area (Å²) in [6.45, 7) is 1.27. The number of nitrogens with zero attached hydrogens (tertiary/aromatic N) is 2. The van der Waals surface area contributed by atoms with Gasteiger partial charge in [-0.25, -0.2) is 4.79 Å². The molecule has 3 amide bonds. The minimum absolute atomic E-state index is 0.0282. The lowest BCUT2D eigenvalue weighted by atomic mass is 9.99. The molecular weight excluding hydrogens is 496 g/mol. The fraction of sp³-hybridized carbons (Fsp3) is 0.200. The zero-order chi connectivity index (χ0) is 27.1. The summed E-state index contributed by atoms with van der Waals surface area (Å²) in [5.41, 5.74) is 5.55. The van der Waals surface area contributed by atoms with Gasteiger partial charge in [0.15, 0.2) is 0 Å². The number of amides is 3. The van der Waals surface area contributed by atoms with E-state index in [9.17, 15) is 24.3 Å². The molecule has 3 aliphatic rings. The van der Waals surface area contributed by atoms with Crippen molar-refractivity contribution >= 4 is 52.0 Å². The number of aromatic carboxylic acids is 1. The second kappa shape index (κ2) is 9.75. The van der Waals surface area contributed by atoms with E-state index in [0.717, 1.165) is 28.9 Å².